The molecule has 0 radical (unpaired) electrons. The summed E-state index contributed by atoms with van der Waals surface area (Å²) in [5, 5.41) is 29.1. The van der Waals surface area contributed by atoms with E-state index in [0.717, 1.165) is 0 Å². The van der Waals surface area contributed by atoms with Gasteiger partial charge in [0.25, 0.3) is 0 Å². The molecule has 2 aromatic carbocycles. The third kappa shape index (κ3) is 2.63. The molecule has 0 heterocycles. The monoisotopic (exact) mass is 298 g/mol. The summed E-state index contributed by atoms with van der Waals surface area (Å²) in [6.45, 7) is 0. The lowest BCUT2D eigenvalue weighted by atomic mass is 9.98. The molecule has 0 aliphatic rings. The van der Waals surface area contributed by atoms with Gasteiger partial charge in [-0.1, -0.05) is 6.07 Å². The molecule has 0 saturated carbocycles. The van der Waals surface area contributed by atoms with E-state index in [1.807, 2.05) is 6.07 Å². The van der Waals surface area contributed by atoms with Gasteiger partial charge in [0, 0.05) is 12.6 Å². The van der Waals surface area contributed by atoms with Crippen LogP contribution < -0.4 is 16.6 Å². The third-order valence-corrected chi connectivity index (χ3v) is 3.16. The van der Waals surface area contributed by atoms with E-state index in [9.17, 15) is 9.90 Å². The number of hydrogen-bond acceptors (Lipinski definition) is 6. The van der Waals surface area contributed by atoms with E-state index in [-0.39, 0.29) is 11.3 Å². The van der Waals surface area contributed by atoms with Crippen molar-refractivity contribution < 1.29 is 15.0 Å². The molecule has 0 unspecified atom stereocenters. The van der Waals surface area contributed by atoms with Crippen molar-refractivity contribution in [3.63, 3.8) is 0 Å². The molecular weight excluding hydrogens is 284 g/mol. The number of nitrogens with zero attached hydrogens (tertiary/aromatic N) is 2. The number of phenols is 1. The minimum absolute atomic E-state index is 0.212. The molecule has 0 amide bonds. The number of hydrazine groups is 1. The number of carboxylic acids is 1. The fourth-order valence-corrected chi connectivity index (χ4v) is 2.22. The number of carbonyl (C=O) groups is 1. The predicted octanol–water partition coefficient (Wildman–Crippen LogP) is 1.52. The highest BCUT2D eigenvalue weighted by molar-refractivity contribution is 5.93. The van der Waals surface area contributed by atoms with Crippen molar-refractivity contribution in [2.75, 3.05) is 17.8 Å². The van der Waals surface area contributed by atoms with Crippen LogP contribution in [0.15, 0.2) is 30.3 Å². The summed E-state index contributed by atoms with van der Waals surface area (Å²) in [7, 11) is 1.59. The van der Waals surface area contributed by atoms with Crippen LogP contribution in [-0.4, -0.2) is 23.2 Å². The molecule has 6 N–H and O–H groups in total. The number of nitriles is 1. The number of carboxylic acid groups (broad SMARTS) is 1. The molecule has 2 aromatic rings. The Morgan fingerprint density at radius 3 is 2.50 bits per heavy atom. The first-order chi connectivity index (χ1) is 10.3. The number of aromatic hydroxyl groups is 1. The zero-order valence-corrected chi connectivity index (χ0v) is 11.7. The summed E-state index contributed by atoms with van der Waals surface area (Å²) in [6, 6.07) is 9.16. The van der Waals surface area contributed by atoms with Gasteiger partial charge in [0.05, 0.1) is 23.0 Å². The van der Waals surface area contributed by atoms with Gasteiger partial charge >= 0.3 is 5.97 Å². The second-order valence-corrected chi connectivity index (χ2v) is 4.72. The highest BCUT2D eigenvalue weighted by Gasteiger charge is 2.16. The fourth-order valence-electron chi connectivity index (χ4n) is 2.22. The second-order valence-electron chi connectivity index (χ2n) is 4.72. The summed E-state index contributed by atoms with van der Waals surface area (Å²) in [5.74, 6) is 4.17. The van der Waals surface area contributed by atoms with Gasteiger partial charge in [-0.2, -0.15) is 5.26 Å². The summed E-state index contributed by atoms with van der Waals surface area (Å²) in [6.07, 6.45) is 0. The molecule has 0 spiro atoms. The highest BCUT2D eigenvalue weighted by Crippen LogP contribution is 2.37. The van der Waals surface area contributed by atoms with Crippen LogP contribution in [0.2, 0.25) is 0 Å². The first-order valence-corrected chi connectivity index (χ1v) is 6.24. The molecule has 7 heteroatoms. The Balaban J connectivity index is 2.71. The number of nitrogen functional groups attached to an aromatic ring is 1. The summed E-state index contributed by atoms with van der Waals surface area (Å²) >= 11 is 0. The largest absolute Gasteiger partial charge is 0.507 e. The standard InChI is InChI=1S/C15H14N4O3/c1-19(18)14-11(4-8(7-16)5-12(14)17)9-2-3-10(15(21)22)13(20)6-9/h2-6,20H,17-18H2,1H3,(H,21,22). The van der Waals surface area contributed by atoms with Crippen molar-refractivity contribution in [2.45, 2.75) is 0 Å². The van der Waals surface area contributed by atoms with E-state index in [1.54, 1.807) is 13.1 Å². The number of benzene rings is 2. The maximum absolute atomic E-state index is 10.9. The Kier molecular flexibility index (Phi) is 3.88. The van der Waals surface area contributed by atoms with Crippen LogP contribution in [0.3, 0.4) is 0 Å². The van der Waals surface area contributed by atoms with Gasteiger partial charge in [-0.05, 0) is 29.8 Å². The molecule has 7 nitrogen and oxygen atoms in total. The Labute approximate surface area is 126 Å². The maximum atomic E-state index is 10.9. The van der Waals surface area contributed by atoms with E-state index in [0.29, 0.717) is 28.1 Å². The zero-order valence-electron chi connectivity index (χ0n) is 11.7. The Morgan fingerprint density at radius 2 is 2.00 bits per heavy atom. The van der Waals surface area contributed by atoms with Crippen LogP contribution in [0.5, 0.6) is 5.75 Å². The van der Waals surface area contributed by atoms with Crippen LogP contribution in [0.4, 0.5) is 11.4 Å². The van der Waals surface area contributed by atoms with Gasteiger partial charge in [0.2, 0.25) is 0 Å². The first kappa shape index (κ1) is 15.2. The van der Waals surface area contributed by atoms with Crippen LogP contribution in [0, 0.1) is 11.3 Å². The lowest BCUT2D eigenvalue weighted by molar-refractivity contribution is 0.0694. The number of hydrogen-bond donors (Lipinski definition) is 4. The van der Waals surface area contributed by atoms with E-state index in [4.69, 9.17) is 21.9 Å². The number of anilines is 2. The SMILES string of the molecule is CN(N)c1c(N)cc(C#N)cc1-c1ccc(C(=O)O)c(O)c1. The van der Waals surface area contributed by atoms with Crippen LogP contribution >= 0.6 is 0 Å². The molecule has 0 bridgehead atoms. The lowest BCUT2D eigenvalue weighted by Gasteiger charge is -2.20. The molecule has 0 saturated heterocycles. The smallest absolute Gasteiger partial charge is 0.339 e. The minimum Gasteiger partial charge on any atom is -0.507 e. The molecule has 0 fully saturated rings. The summed E-state index contributed by atoms with van der Waals surface area (Å²) in [5.41, 5.74) is 7.84. The Morgan fingerprint density at radius 1 is 1.32 bits per heavy atom. The third-order valence-electron chi connectivity index (χ3n) is 3.16. The van der Waals surface area contributed by atoms with Gasteiger partial charge in [-0.25, -0.2) is 10.6 Å². The van der Waals surface area contributed by atoms with Crippen molar-refractivity contribution in [1.82, 2.24) is 0 Å². The van der Waals surface area contributed by atoms with Gasteiger partial charge in [-0.3, -0.25) is 0 Å². The van der Waals surface area contributed by atoms with E-state index in [2.05, 4.69) is 0 Å². The second kappa shape index (κ2) is 5.63. The number of rotatable bonds is 3. The number of aromatic carboxylic acids is 1. The van der Waals surface area contributed by atoms with Crippen molar-refractivity contribution in [2.24, 2.45) is 5.84 Å². The highest BCUT2D eigenvalue weighted by atomic mass is 16.4. The minimum atomic E-state index is -1.23. The number of nitrogens with two attached hydrogens (primary N) is 2. The molecule has 2 rings (SSSR count). The molecule has 0 aromatic heterocycles. The van der Waals surface area contributed by atoms with Crippen LogP contribution in [0.25, 0.3) is 11.1 Å². The van der Waals surface area contributed by atoms with Crippen LogP contribution in [-0.2, 0) is 0 Å². The van der Waals surface area contributed by atoms with Crippen molar-refractivity contribution in [3.8, 4) is 22.9 Å². The molecule has 0 aliphatic carbocycles. The summed E-state index contributed by atoms with van der Waals surface area (Å²) in [4.78, 5) is 10.9. The molecule has 0 atom stereocenters. The predicted molar refractivity (Wildman–Crippen MR) is 82.2 cm³/mol. The molecule has 112 valence electrons. The van der Waals surface area contributed by atoms with E-state index in [1.165, 1.54) is 29.3 Å². The Bertz CT molecular complexity index is 794. The zero-order chi connectivity index (χ0) is 16.4. The fraction of sp³-hybridized carbons (Fsp3) is 0.0667. The normalized spacial score (nSPS) is 10.0. The lowest BCUT2D eigenvalue weighted by Crippen LogP contribution is -2.26. The van der Waals surface area contributed by atoms with Crippen molar-refractivity contribution in [1.29, 1.82) is 5.26 Å². The molecular formula is C15H14N4O3. The first-order valence-electron chi connectivity index (χ1n) is 6.24. The molecule has 0 aliphatic heterocycles. The van der Waals surface area contributed by atoms with Gasteiger partial charge in [-0.15, -0.1) is 0 Å². The van der Waals surface area contributed by atoms with E-state index < -0.39 is 5.97 Å². The van der Waals surface area contributed by atoms with Gasteiger partial charge in [0.1, 0.15) is 11.3 Å². The molecule has 22 heavy (non-hydrogen) atoms. The average Bonchev–Trinajstić information content (AvgIpc) is 2.45. The quantitative estimate of drug-likeness (QED) is 0.383. The van der Waals surface area contributed by atoms with Crippen molar-refractivity contribution >= 4 is 17.3 Å². The van der Waals surface area contributed by atoms with Crippen molar-refractivity contribution in [3.05, 3.63) is 41.5 Å². The van der Waals surface area contributed by atoms with E-state index >= 15 is 0 Å². The summed E-state index contributed by atoms with van der Waals surface area (Å²) < 4.78 is 0. The van der Waals surface area contributed by atoms with Gasteiger partial charge < -0.3 is 21.0 Å². The maximum Gasteiger partial charge on any atom is 0.339 e. The topological polar surface area (TPSA) is 137 Å². The van der Waals surface area contributed by atoms with Crippen LogP contribution in [0.1, 0.15) is 15.9 Å². The average molecular weight is 298 g/mol. The Hall–Kier alpha value is -3.24. The van der Waals surface area contributed by atoms with Gasteiger partial charge in [0.15, 0.2) is 0 Å².